The summed E-state index contributed by atoms with van der Waals surface area (Å²) in [6.07, 6.45) is 1.80. The second-order valence-electron chi connectivity index (χ2n) is 4.07. The molecule has 0 spiro atoms. The van der Waals surface area contributed by atoms with E-state index < -0.39 is 0 Å². The number of aromatic nitrogens is 1. The van der Waals surface area contributed by atoms with Crippen molar-refractivity contribution in [1.29, 1.82) is 10.5 Å². The van der Waals surface area contributed by atoms with Gasteiger partial charge < -0.3 is 9.14 Å². The number of benzene rings is 1. The number of pyridine rings is 1. The van der Waals surface area contributed by atoms with Crippen LogP contribution < -0.4 is 4.74 Å². The molecule has 0 N–H and O–H groups in total. The molecule has 19 heavy (non-hydrogen) atoms. The van der Waals surface area contributed by atoms with Crippen LogP contribution in [0.2, 0.25) is 0 Å². The molecular formula is C15H9N3O. The van der Waals surface area contributed by atoms with E-state index in [0.29, 0.717) is 11.3 Å². The van der Waals surface area contributed by atoms with Crippen LogP contribution in [-0.2, 0) is 0 Å². The Morgan fingerprint density at radius 2 is 1.89 bits per heavy atom. The number of nitriles is 2. The minimum absolute atomic E-state index is 0.00974. The van der Waals surface area contributed by atoms with Crippen LogP contribution in [0.1, 0.15) is 5.56 Å². The summed E-state index contributed by atoms with van der Waals surface area (Å²) in [5.74, 6) is 0.610. The van der Waals surface area contributed by atoms with Gasteiger partial charge in [-0.1, -0.05) is 18.2 Å². The second-order valence-corrected chi connectivity index (χ2v) is 4.07. The van der Waals surface area contributed by atoms with Crippen LogP contribution in [0.25, 0.3) is 16.4 Å². The van der Waals surface area contributed by atoms with E-state index in [1.807, 2.05) is 40.8 Å². The maximum atomic E-state index is 9.30. The molecule has 0 saturated heterocycles. The molecule has 0 aliphatic rings. The van der Waals surface area contributed by atoms with Gasteiger partial charge in [-0.2, -0.15) is 10.5 Å². The number of fused-ring (bicyclic) bond motifs is 3. The fraction of sp³-hybridized carbons (Fsp3) is 0.0667. The van der Waals surface area contributed by atoms with Gasteiger partial charge in [0.25, 0.3) is 0 Å². The largest absolute Gasteiger partial charge is 0.477 e. The molecule has 0 aliphatic carbocycles. The average Bonchev–Trinajstić information content (AvgIpc) is 2.78. The van der Waals surface area contributed by atoms with E-state index in [4.69, 9.17) is 10.00 Å². The first kappa shape index (κ1) is 11.1. The third kappa shape index (κ3) is 1.67. The van der Waals surface area contributed by atoms with E-state index in [1.165, 1.54) is 0 Å². The van der Waals surface area contributed by atoms with Gasteiger partial charge in [-0.25, -0.2) is 0 Å². The topological polar surface area (TPSA) is 61.2 Å². The van der Waals surface area contributed by atoms with E-state index in [1.54, 1.807) is 12.3 Å². The van der Waals surface area contributed by atoms with E-state index in [2.05, 4.69) is 6.07 Å². The van der Waals surface area contributed by atoms with Crippen molar-refractivity contribution in [3.05, 3.63) is 48.2 Å². The van der Waals surface area contributed by atoms with Gasteiger partial charge >= 0.3 is 0 Å². The maximum absolute atomic E-state index is 9.30. The highest BCUT2D eigenvalue weighted by molar-refractivity contribution is 5.95. The number of hydrogen-bond donors (Lipinski definition) is 0. The molecule has 2 heterocycles. The quantitative estimate of drug-likeness (QED) is 0.699. The van der Waals surface area contributed by atoms with Gasteiger partial charge in [0.15, 0.2) is 6.61 Å². The van der Waals surface area contributed by atoms with Crippen LogP contribution in [-0.4, -0.2) is 11.0 Å². The smallest absolute Gasteiger partial charge is 0.174 e. The first-order valence-corrected chi connectivity index (χ1v) is 5.78. The minimum Gasteiger partial charge on any atom is -0.477 e. The number of rotatable bonds is 2. The van der Waals surface area contributed by atoms with Crippen molar-refractivity contribution < 1.29 is 4.74 Å². The highest BCUT2D eigenvalue weighted by Crippen LogP contribution is 2.27. The minimum atomic E-state index is 0.00974. The second kappa shape index (κ2) is 4.36. The molecule has 3 aromatic rings. The van der Waals surface area contributed by atoms with Crippen molar-refractivity contribution in [1.82, 2.24) is 4.40 Å². The Morgan fingerprint density at radius 1 is 1.05 bits per heavy atom. The molecule has 0 radical (unpaired) electrons. The molecule has 3 rings (SSSR count). The summed E-state index contributed by atoms with van der Waals surface area (Å²) < 4.78 is 7.21. The molecule has 0 aliphatic heterocycles. The standard InChI is InChI=1S/C15H9N3O/c16-7-8-19-11-5-6-15-13(9-17)12-3-1-2-4-14(12)18(15)10-11/h1-6,10H,8H2. The van der Waals surface area contributed by atoms with Gasteiger partial charge in [0.2, 0.25) is 0 Å². The fourth-order valence-corrected chi connectivity index (χ4v) is 2.24. The first-order chi connectivity index (χ1) is 9.35. The van der Waals surface area contributed by atoms with Crippen LogP contribution in [0.4, 0.5) is 0 Å². The lowest BCUT2D eigenvalue weighted by Gasteiger charge is -2.03. The van der Waals surface area contributed by atoms with E-state index >= 15 is 0 Å². The Hall–Kier alpha value is -2.98. The van der Waals surface area contributed by atoms with Gasteiger partial charge in [-0.3, -0.25) is 0 Å². The van der Waals surface area contributed by atoms with Crippen molar-refractivity contribution in [3.8, 4) is 17.9 Å². The van der Waals surface area contributed by atoms with E-state index in [0.717, 1.165) is 16.4 Å². The van der Waals surface area contributed by atoms with Crippen molar-refractivity contribution >= 4 is 16.4 Å². The van der Waals surface area contributed by atoms with Crippen molar-refractivity contribution in [2.45, 2.75) is 0 Å². The molecule has 90 valence electrons. The number of nitrogens with zero attached hydrogens (tertiary/aromatic N) is 3. The predicted octanol–water partition coefficient (Wildman–Crippen LogP) is 2.87. The first-order valence-electron chi connectivity index (χ1n) is 5.78. The van der Waals surface area contributed by atoms with Crippen LogP contribution in [0, 0.1) is 22.7 Å². The zero-order valence-electron chi connectivity index (χ0n) is 10.00. The summed E-state index contributed by atoms with van der Waals surface area (Å²) in [5.41, 5.74) is 2.45. The molecule has 2 aromatic heterocycles. The third-order valence-corrected chi connectivity index (χ3v) is 3.03. The molecule has 4 heteroatoms. The highest BCUT2D eigenvalue weighted by Gasteiger charge is 2.11. The number of hydrogen-bond acceptors (Lipinski definition) is 3. The summed E-state index contributed by atoms with van der Waals surface area (Å²) in [6.45, 7) is 0.00974. The Labute approximate surface area is 109 Å². The number of ether oxygens (including phenoxy) is 1. The summed E-state index contributed by atoms with van der Waals surface area (Å²) in [6, 6.07) is 15.5. The zero-order chi connectivity index (χ0) is 13.2. The van der Waals surface area contributed by atoms with Gasteiger partial charge in [-0.05, 0) is 18.2 Å². The molecule has 0 unspecified atom stereocenters. The Balaban J connectivity index is 2.31. The van der Waals surface area contributed by atoms with Crippen molar-refractivity contribution in [2.75, 3.05) is 6.61 Å². The Morgan fingerprint density at radius 3 is 2.68 bits per heavy atom. The Bertz CT molecular complexity index is 849. The van der Waals surface area contributed by atoms with Gasteiger partial charge in [0.1, 0.15) is 17.9 Å². The molecule has 0 amide bonds. The van der Waals surface area contributed by atoms with Gasteiger partial charge in [-0.15, -0.1) is 0 Å². The lowest BCUT2D eigenvalue weighted by molar-refractivity contribution is 0.366. The Kier molecular flexibility index (Phi) is 2.55. The summed E-state index contributed by atoms with van der Waals surface area (Å²) in [4.78, 5) is 0. The van der Waals surface area contributed by atoms with Gasteiger partial charge in [0.05, 0.1) is 22.8 Å². The molecule has 0 saturated carbocycles. The molecule has 4 nitrogen and oxygen atoms in total. The molecular weight excluding hydrogens is 238 g/mol. The van der Waals surface area contributed by atoms with Crippen molar-refractivity contribution in [2.24, 2.45) is 0 Å². The monoisotopic (exact) mass is 247 g/mol. The van der Waals surface area contributed by atoms with E-state index in [9.17, 15) is 5.26 Å². The number of para-hydroxylation sites is 1. The third-order valence-electron chi connectivity index (χ3n) is 3.03. The summed E-state index contributed by atoms with van der Waals surface area (Å²) in [7, 11) is 0. The van der Waals surface area contributed by atoms with E-state index in [-0.39, 0.29) is 6.61 Å². The molecule has 0 bridgehead atoms. The summed E-state index contributed by atoms with van der Waals surface area (Å²) >= 11 is 0. The highest BCUT2D eigenvalue weighted by atomic mass is 16.5. The van der Waals surface area contributed by atoms with Crippen molar-refractivity contribution in [3.63, 3.8) is 0 Å². The van der Waals surface area contributed by atoms with Crippen LogP contribution in [0.15, 0.2) is 42.6 Å². The lowest BCUT2D eigenvalue weighted by atomic mass is 10.2. The van der Waals surface area contributed by atoms with Crippen LogP contribution >= 0.6 is 0 Å². The normalized spacial score (nSPS) is 10.2. The maximum Gasteiger partial charge on any atom is 0.174 e. The lowest BCUT2D eigenvalue weighted by Crippen LogP contribution is -1.95. The average molecular weight is 247 g/mol. The van der Waals surface area contributed by atoms with Crippen LogP contribution in [0.3, 0.4) is 0 Å². The zero-order valence-corrected chi connectivity index (χ0v) is 10.00. The fourth-order valence-electron chi connectivity index (χ4n) is 2.24. The molecule has 0 fully saturated rings. The summed E-state index contributed by atoms with van der Waals surface area (Å²) in [5, 5.41) is 18.7. The SMILES string of the molecule is N#CCOc1ccc2c(C#N)c3ccccc3n2c1. The van der Waals surface area contributed by atoms with Gasteiger partial charge in [0, 0.05) is 5.39 Å². The van der Waals surface area contributed by atoms with Crippen LogP contribution in [0.5, 0.6) is 5.75 Å². The molecule has 0 atom stereocenters. The predicted molar refractivity (Wildman–Crippen MR) is 70.7 cm³/mol. The molecule has 1 aromatic carbocycles.